The maximum atomic E-state index is 13.3. The SMILES string of the molecule is CC(C)CCC[C@@H](C)C1CCC2C3=CC=C4C[C@@H](OC(=O)C(C)(C)CC(C)(C)CC(=O)O)CC[C@]4(C)C3CC[C@@]21C. The average molecular weight is 569 g/mol. The molecule has 1 N–H and O–H groups in total. The monoisotopic (exact) mass is 568 g/mol. The molecule has 0 aromatic carbocycles. The van der Waals surface area contributed by atoms with E-state index in [-0.39, 0.29) is 23.9 Å². The molecule has 0 aliphatic heterocycles. The van der Waals surface area contributed by atoms with Gasteiger partial charge in [0.05, 0.1) is 11.8 Å². The number of hydrogen-bond donors (Lipinski definition) is 1. The van der Waals surface area contributed by atoms with Gasteiger partial charge < -0.3 is 9.84 Å². The lowest BCUT2D eigenvalue weighted by atomic mass is 9.50. The fraction of sp³-hybridized carbons (Fsp3) is 0.838. The van der Waals surface area contributed by atoms with Crippen molar-refractivity contribution in [1.29, 1.82) is 0 Å². The van der Waals surface area contributed by atoms with Crippen LogP contribution >= 0.6 is 0 Å². The fourth-order valence-electron chi connectivity index (χ4n) is 10.1. The highest BCUT2D eigenvalue weighted by molar-refractivity contribution is 5.76. The third kappa shape index (κ3) is 6.67. The van der Waals surface area contributed by atoms with Gasteiger partial charge in [0.25, 0.3) is 0 Å². The molecule has 4 rings (SSSR count). The molecule has 0 saturated heterocycles. The topological polar surface area (TPSA) is 63.6 Å². The van der Waals surface area contributed by atoms with Gasteiger partial charge in [-0.05, 0) is 105 Å². The van der Waals surface area contributed by atoms with Crippen LogP contribution in [0.2, 0.25) is 0 Å². The van der Waals surface area contributed by atoms with Crippen molar-refractivity contribution >= 4 is 11.9 Å². The predicted molar refractivity (Wildman–Crippen MR) is 167 cm³/mol. The summed E-state index contributed by atoms with van der Waals surface area (Å²) in [4.78, 5) is 24.6. The molecule has 7 atom stereocenters. The van der Waals surface area contributed by atoms with E-state index in [0.717, 1.165) is 42.9 Å². The molecule has 0 spiro atoms. The van der Waals surface area contributed by atoms with Gasteiger partial charge in [-0.1, -0.05) is 91.0 Å². The van der Waals surface area contributed by atoms with Gasteiger partial charge >= 0.3 is 11.9 Å². The maximum Gasteiger partial charge on any atom is 0.311 e. The molecule has 3 saturated carbocycles. The number of esters is 1. The molecule has 4 nitrogen and oxygen atoms in total. The second kappa shape index (κ2) is 11.8. The summed E-state index contributed by atoms with van der Waals surface area (Å²) in [5, 5.41) is 9.28. The van der Waals surface area contributed by atoms with Crippen LogP contribution in [0, 0.1) is 51.2 Å². The molecule has 0 aromatic rings. The Morgan fingerprint density at radius 2 is 1.68 bits per heavy atom. The summed E-state index contributed by atoms with van der Waals surface area (Å²) in [6.07, 6.45) is 17.7. The first-order valence-electron chi connectivity index (χ1n) is 16.8. The number of fused-ring (bicyclic) bond motifs is 5. The van der Waals surface area contributed by atoms with E-state index < -0.39 is 16.8 Å². The first-order valence-corrected chi connectivity index (χ1v) is 16.8. The molecule has 3 fully saturated rings. The van der Waals surface area contributed by atoms with E-state index in [2.05, 4.69) is 46.8 Å². The molecule has 0 heterocycles. The van der Waals surface area contributed by atoms with Crippen LogP contribution in [0.3, 0.4) is 0 Å². The molecular formula is C37H60O4. The number of hydrogen-bond acceptors (Lipinski definition) is 3. The highest BCUT2D eigenvalue weighted by Gasteiger charge is 2.57. The number of ether oxygens (including phenoxy) is 1. The summed E-state index contributed by atoms with van der Waals surface area (Å²) in [7, 11) is 0. The molecule has 3 unspecified atom stereocenters. The van der Waals surface area contributed by atoms with E-state index in [9.17, 15) is 14.7 Å². The first-order chi connectivity index (χ1) is 19.0. The molecule has 0 aromatic heterocycles. The number of rotatable bonds is 11. The van der Waals surface area contributed by atoms with Crippen LogP contribution in [-0.4, -0.2) is 23.1 Å². The predicted octanol–water partition coefficient (Wildman–Crippen LogP) is 9.78. The van der Waals surface area contributed by atoms with Gasteiger partial charge in [-0.15, -0.1) is 0 Å². The highest BCUT2D eigenvalue weighted by atomic mass is 16.5. The first kappa shape index (κ1) is 32.3. The van der Waals surface area contributed by atoms with Crippen molar-refractivity contribution in [3.63, 3.8) is 0 Å². The Hall–Kier alpha value is -1.58. The smallest absolute Gasteiger partial charge is 0.311 e. The van der Waals surface area contributed by atoms with E-state index >= 15 is 0 Å². The van der Waals surface area contributed by atoms with E-state index in [1.165, 1.54) is 50.5 Å². The third-order valence-corrected chi connectivity index (χ3v) is 12.1. The molecule has 41 heavy (non-hydrogen) atoms. The summed E-state index contributed by atoms with van der Waals surface area (Å²) >= 11 is 0. The molecule has 232 valence electrons. The summed E-state index contributed by atoms with van der Waals surface area (Å²) < 4.78 is 6.16. The number of carbonyl (C=O) groups excluding carboxylic acids is 1. The fourth-order valence-corrected chi connectivity index (χ4v) is 10.1. The maximum absolute atomic E-state index is 13.3. The Labute approximate surface area is 251 Å². The highest BCUT2D eigenvalue weighted by Crippen LogP contribution is 2.66. The van der Waals surface area contributed by atoms with Crippen molar-refractivity contribution in [2.24, 2.45) is 51.2 Å². The largest absolute Gasteiger partial charge is 0.481 e. The molecule has 0 radical (unpaired) electrons. The second-order valence-corrected chi connectivity index (χ2v) is 17.0. The van der Waals surface area contributed by atoms with Crippen LogP contribution in [0.5, 0.6) is 0 Å². The van der Waals surface area contributed by atoms with E-state index in [1.807, 2.05) is 27.7 Å². The Kier molecular flexibility index (Phi) is 9.33. The number of aliphatic carboxylic acids is 1. The lowest BCUT2D eigenvalue weighted by Crippen LogP contribution is -2.47. The normalized spacial score (nSPS) is 34.2. The molecule has 4 aliphatic rings. The molecule has 0 bridgehead atoms. The molecule has 4 aliphatic carbocycles. The summed E-state index contributed by atoms with van der Waals surface area (Å²) in [6, 6.07) is 0. The van der Waals surface area contributed by atoms with E-state index in [1.54, 1.807) is 5.57 Å². The zero-order valence-corrected chi connectivity index (χ0v) is 27.8. The Morgan fingerprint density at radius 1 is 0.976 bits per heavy atom. The minimum absolute atomic E-state index is 0.0479. The minimum Gasteiger partial charge on any atom is -0.481 e. The van der Waals surface area contributed by atoms with Crippen molar-refractivity contribution < 1.29 is 19.4 Å². The van der Waals surface area contributed by atoms with Crippen molar-refractivity contribution in [2.45, 2.75) is 145 Å². The third-order valence-electron chi connectivity index (χ3n) is 12.1. The molecule has 4 heteroatoms. The van der Waals surface area contributed by atoms with Crippen molar-refractivity contribution in [3.8, 4) is 0 Å². The van der Waals surface area contributed by atoms with Gasteiger partial charge in [-0.25, -0.2) is 0 Å². The van der Waals surface area contributed by atoms with Crippen molar-refractivity contribution in [1.82, 2.24) is 0 Å². The Bertz CT molecular complexity index is 1050. The van der Waals surface area contributed by atoms with Crippen molar-refractivity contribution in [2.75, 3.05) is 0 Å². The van der Waals surface area contributed by atoms with Crippen LogP contribution in [0.15, 0.2) is 23.3 Å². The van der Waals surface area contributed by atoms with Gasteiger partial charge in [-0.2, -0.15) is 0 Å². The molecule has 0 amide bonds. The lowest BCUT2D eigenvalue weighted by molar-refractivity contribution is -0.164. The average Bonchev–Trinajstić information content (AvgIpc) is 3.19. The Morgan fingerprint density at radius 3 is 2.34 bits per heavy atom. The zero-order chi connectivity index (χ0) is 30.4. The number of carboxylic acid groups (broad SMARTS) is 1. The number of carbonyl (C=O) groups is 2. The second-order valence-electron chi connectivity index (χ2n) is 17.0. The molecular weight excluding hydrogens is 508 g/mol. The van der Waals surface area contributed by atoms with Gasteiger partial charge in [0.15, 0.2) is 0 Å². The quantitative estimate of drug-likeness (QED) is 0.252. The number of carboxylic acids is 1. The zero-order valence-electron chi connectivity index (χ0n) is 27.8. The van der Waals surface area contributed by atoms with E-state index in [0.29, 0.717) is 17.8 Å². The van der Waals surface area contributed by atoms with Gasteiger partial charge in [0.1, 0.15) is 6.10 Å². The van der Waals surface area contributed by atoms with Gasteiger partial charge in [-0.3, -0.25) is 9.59 Å². The van der Waals surface area contributed by atoms with Crippen LogP contribution < -0.4 is 0 Å². The van der Waals surface area contributed by atoms with E-state index in [4.69, 9.17) is 4.74 Å². The Balaban J connectivity index is 1.43. The lowest BCUT2D eigenvalue weighted by Gasteiger charge is -2.55. The van der Waals surface area contributed by atoms with Crippen LogP contribution in [0.25, 0.3) is 0 Å². The van der Waals surface area contributed by atoms with Crippen molar-refractivity contribution in [3.05, 3.63) is 23.3 Å². The van der Waals surface area contributed by atoms with Gasteiger partial charge in [0, 0.05) is 6.42 Å². The summed E-state index contributed by atoms with van der Waals surface area (Å²) in [6.45, 7) is 20.0. The van der Waals surface area contributed by atoms with Crippen LogP contribution in [0.4, 0.5) is 0 Å². The minimum atomic E-state index is -0.824. The number of allylic oxidation sites excluding steroid dienone is 3. The summed E-state index contributed by atoms with van der Waals surface area (Å²) in [5.74, 6) is 2.80. The van der Waals surface area contributed by atoms with Gasteiger partial charge in [0.2, 0.25) is 0 Å². The van der Waals surface area contributed by atoms with Crippen LogP contribution in [0.1, 0.15) is 139 Å². The van der Waals surface area contributed by atoms with Crippen LogP contribution in [-0.2, 0) is 14.3 Å². The standard InChI is InChI=1S/C37H60O4/c1-24(2)11-10-12-25(3)29-15-16-30-28-14-13-26-21-27(17-19-36(26,8)31(28)18-20-37(29,30)9)41-33(40)35(6,7)23-34(4,5)22-32(38)39/h13-14,24-25,27,29-31H,10-12,15-23H2,1-9H3,(H,38,39)/t25-,27+,29?,30?,31?,36+,37-/m1/s1. The summed E-state index contributed by atoms with van der Waals surface area (Å²) in [5.41, 5.74) is 2.64.